The number of rotatable bonds is 55. The van der Waals surface area contributed by atoms with Crippen LogP contribution in [0.2, 0.25) is 0 Å². The van der Waals surface area contributed by atoms with Gasteiger partial charge in [-0.1, -0.05) is 245 Å². The number of allylic oxidation sites excluding steroid dienone is 18. The van der Waals surface area contributed by atoms with E-state index in [1.54, 1.807) is 0 Å². The number of ether oxygens (including phenoxy) is 2. The minimum atomic E-state index is -4.64. The van der Waals surface area contributed by atoms with Crippen LogP contribution in [-0.2, 0) is 32.7 Å². The molecule has 2 atom stereocenters. The Kier molecular flexibility index (Phi) is 53.9. The van der Waals surface area contributed by atoms with Crippen molar-refractivity contribution in [2.75, 3.05) is 47.5 Å². The highest BCUT2D eigenvalue weighted by molar-refractivity contribution is 7.45. The van der Waals surface area contributed by atoms with Crippen LogP contribution in [-0.4, -0.2) is 70.0 Å². The van der Waals surface area contributed by atoms with E-state index in [1.807, 2.05) is 21.1 Å². The first-order valence-corrected chi connectivity index (χ1v) is 32.1. The van der Waals surface area contributed by atoms with Crippen molar-refractivity contribution in [3.63, 3.8) is 0 Å². The van der Waals surface area contributed by atoms with Crippen LogP contribution in [0.4, 0.5) is 0 Å². The number of nitrogens with zero attached hydrogens (tertiary/aromatic N) is 1. The van der Waals surface area contributed by atoms with E-state index < -0.39 is 32.5 Å². The smallest absolute Gasteiger partial charge is 0.306 e. The van der Waals surface area contributed by atoms with Crippen LogP contribution >= 0.6 is 7.82 Å². The van der Waals surface area contributed by atoms with Gasteiger partial charge in [0.15, 0.2) is 6.10 Å². The molecule has 0 rings (SSSR count). The van der Waals surface area contributed by atoms with E-state index in [4.69, 9.17) is 18.5 Å². The van der Waals surface area contributed by atoms with Crippen molar-refractivity contribution in [3.8, 4) is 0 Å². The number of likely N-dealkylation sites (N-methyl/N-ethyl adjacent to an activating group) is 1. The highest BCUT2D eigenvalue weighted by atomic mass is 31.2. The summed E-state index contributed by atoms with van der Waals surface area (Å²) in [4.78, 5) is 37.8. The second-order valence-corrected chi connectivity index (χ2v) is 22.7. The van der Waals surface area contributed by atoms with Crippen LogP contribution in [0, 0.1) is 0 Å². The summed E-state index contributed by atoms with van der Waals surface area (Å²) in [6.45, 7) is 3.99. The lowest BCUT2D eigenvalue weighted by Crippen LogP contribution is -2.37. The zero-order valence-corrected chi connectivity index (χ0v) is 50.3. The molecular weight excluding hydrogens is 966 g/mol. The Morgan fingerprint density at radius 2 is 0.711 bits per heavy atom. The summed E-state index contributed by atoms with van der Waals surface area (Å²) in [6, 6.07) is 0. The number of esters is 2. The standard InChI is InChI=1S/C66H114NO8P/c1-6-8-10-12-14-16-18-20-22-23-24-25-26-27-28-29-30-31-32-33-34-35-36-37-38-39-40-41-42-43-45-47-49-51-53-55-57-59-66(69)75-64(63-74-76(70,71)73-61-60-67(3,4)5)62-72-65(68)58-56-54-52-50-48-46-44-21-19-17-15-13-11-9-7-2/h8-11,14-17,20-22,24-25,27-28,30-31,44,64H,6-7,12-13,18-19,23,26,29,32-43,45-63H2,1-5H3/b10-8-,11-9-,16-14-,17-15-,22-20-,25-24-,28-27-,31-30-,44-21-. The van der Waals surface area contributed by atoms with Crippen molar-refractivity contribution in [1.82, 2.24) is 0 Å². The number of hydrogen-bond donors (Lipinski definition) is 0. The van der Waals surface area contributed by atoms with Gasteiger partial charge in [0.25, 0.3) is 7.82 Å². The Labute approximate surface area is 467 Å². The lowest BCUT2D eigenvalue weighted by molar-refractivity contribution is -0.870. The molecule has 0 N–H and O–H groups in total. The summed E-state index contributed by atoms with van der Waals surface area (Å²) in [5.41, 5.74) is 0. The zero-order chi connectivity index (χ0) is 55.6. The molecule has 10 heteroatoms. The molecule has 2 unspecified atom stereocenters. The van der Waals surface area contributed by atoms with Crippen LogP contribution in [0.5, 0.6) is 0 Å². The van der Waals surface area contributed by atoms with Gasteiger partial charge in [0, 0.05) is 12.8 Å². The predicted octanol–water partition coefficient (Wildman–Crippen LogP) is 18.7. The Hall–Kier alpha value is -3.33. The molecule has 0 spiro atoms. The van der Waals surface area contributed by atoms with Crippen LogP contribution < -0.4 is 4.89 Å². The van der Waals surface area contributed by atoms with Gasteiger partial charge in [0.05, 0.1) is 27.7 Å². The molecule has 0 aliphatic rings. The number of quaternary nitrogens is 1. The largest absolute Gasteiger partial charge is 0.756 e. The third-order valence-corrected chi connectivity index (χ3v) is 13.8. The fraction of sp³-hybridized carbons (Fsp3) is 0.697. The van der Waals surface area contributed by atoms with Gasteiger partial charge >= 0.3 is 11.9 Å². The maximum absolute atomic E-state index is 12.8. The van der Waals surface area contributed by atoms with Crippen molar-refractivity contribution in [1.29, 1.82) is 0 Å². The van der Waals surface area contributed by atoms with E-state index in [0.717, 1.165) is 109 Å². The van der Waals surface area contributed by atoms with E-state index in [9.17, 15) is 19.0 Å². The van der Waals surface area contributed by atoms with Crippen molar-refractivity contribution >= 4 is 19.8 Å². The number of unbranched alkanes of at least 4 members (excludes halogenated alkanes) is 23. The highest BCUT2D eigenvalue weighted by Gasteiger charge is 2.22. The van der Waals surface area contributed by atoms with Gasteiger partial charge < -0.3 is 27.9 Å². The normalized spacial score (nSPS) is 14.0. The lowest BCUT2D eigenvalue weighted by Gasteiger charge is -2.28. The van der Waals surface area contributed by atoms with Gasteiger partial charge in [-0.15, -0.1) is 0 Å². The molecule has 0 bridgehead atoms. The summed E-state index contributed by atoms with van der Waals surface area (Å²) >= 11 is 0. The molecule has 0 amide bonds. The van der Waals surface area contributed by atoms with Gasteiger partial charge in [-0.25, -0.2) is 0 Å². The van der Waals surface area contributed by atoms with E-state index in [0.29, 0.717) is 23.9 Å². The first-order chi connectivity index (χ1) is 37.0. The van der Waals surface area contributed by atoms with Gasteiger partial charge in [-0.05, 0) is 96.3 Å². The fourth-order valence-corrected chi connectivity index (χ4v) is 8.87. The maximum atomic E-state index is 12.8. The lowest BCUT2D eigenvalue weighted by atomic mass is 10.0. The molecule has 9 nitrogen and oxygen atoms in total. The second kappa shape index (κ2) is 56.4. The van der Waals surface area contributed by atoms with Crippen LogP contribution in [0.25, 0.3) is 0 Å². The van der Waals surface area contributed by atoms with E-state index >= 15 is 0 Å². The number of phosphoric acid groups is 1. The molecule has 0 aromatic rings. The number of carbonyl (C=O) groups excluding carboxylic acids is 2. The molecule has 76 heavy (non-hydrogen) atoms. The number of hydrogen-bond acceptors (Lipinski definition) is 8. The van der Waals surface area contributed by atoms with Crippen molar-refractivity contribution in [2.24, 2.45) is 0 Å². The minimum absolute atomic E-state index is 0.0372. The van der Waals surface area contributed by atoms with E-state index in [1.165, 1.54) is 96.3 Å². The number of phosphoric ester groups is 1. The molecule has 436 valence electrons. The monoisotopic (exact) mass is 1080 g/mol. The second-order valence-electron chi connectivity index (χ2n) is 21.3. The topological polar surface area (TPSA) is 111 Å². The molecule has 0 saturated heterocycles. The molecular formula is C66H114NO8P. The molecule has 0 aliphatic carbocycles. The van der Waals surface area contributed by atoms with Gasteiger partial charge in [-0.3, -0.25) is 14.2 Å². The first-order valence-electron chi connectivity index (χ1n) is 30.6. The van der Waals surface area contributed by atoms with Crippen LogP contribution in [0.3, 0.4) is 0 Å². The Morgan fingerprint density at radius 3 is 1.05 bits per heavy atom. The molecule has 0 fully saturated rings. The Balaban J connectivity index is 4.02. The van der Waals surface area contributed by atoms with Crippen LogP contribution in [0.1, 0.15) is 245 Å². The molecule has 0 saturated carbocycles. The summed E-state index contributed by atoms with van der Waals surface area (Å²) in [6.07, 6.45) is 78.7. The fourth-order valence-electron chi connectivity index (χ4n) is 8.15. The summed E-state index contributed by atoms with van der Waals surface area (Å²) in [5.74, 6) is -0.853. The first kappa shape index (κ1) is 72.7. The van der Waals surface area contributed by atoms with Crippen molar-refractivity contribution < 1.29 is 42.1 Å². The summed E-state index contributed by atoms with van der Waals surface area (Å²) in [7, 11) is 1.15. The van der Waals surface area contributed by atoms with Gasteiger partial charge in [0.2, 0.25) is 0 Å². The number of carbonyl (C=O) groups is 2. The molecule has 0 heterocycles. The van der Waals surface area contributed by atoms with Gasteiger partial charge in [-0.2, -0.15) is 0 Å². The van der Waals surface area contributed by atoms with Crippen molar-refractivity contribution in [2.45, 2.75) is 251 Å². The summed E-state index contributed by atoms with van der Waals surface area (Å²) < 4.78 is 34.1. The quantitative estimate of drug-likeness (QED) is 0.0195. The molecule has 0 aliphatic heterocycles. The Morgan fingerprint density at radius 1 is 0.408 bits per heavy atom. The summed E-state index contributed by atoms with van der Waals surface area (Å²) in [5, 5.41) is 0. The minimum Gasteiger partial charge on any atom is -0.756 e. The Bertz CT molecular complexity index is 1650. The van der Waals surface area contributed by atoms with E-state index in [2.05, 4.69) is 123 Å². The molecule has 0 radical (unpaired) electrons. The third kappa shape index (κ3) is 59.9. The molecule has 0 aromatic carbocycles. The highest BCUT2D eigenvalue weighted by Crippen LogP contribution is 2.38. The zero-order valence-electron chi connectivity index (χ0n) is 49.4. The predicted molar refractivity (Wildman–Crippen MR) is 323 cm³/mol. The average Bonchev–Trinajstić information content (AvgIpc) is 3.38. The van der Waals surface area contributed by atoms with E-state index in [-0.39, 0.29) is 26.1 Å². The van der Waals surface area contributed by atoms with Crippen LogP contribution in [0.15, 0.2) is 109 Å². The average molecular weight is 1080 g/mol. The molecule has 0 aromatic heterocycles. The van der Waals surface area contributed by atoms with Crippen molar-refractivity contribution in [3.05, 3.63) is 109 Å². The van der Waals surface area contributed by atoms with Gasteiger partial charge in [0.1, 0.15) is 19.8 Å². The third-order valence-electron chi connectivity index (χ3n) is 12.8. The SMILES string of the molecule is CC/C=C\C/C=C\C/C=C\C/C=C\C/C=C\C/C=C\CCCCCCCCCCCCCCCCCCCCC(=O)OC(COC(=O)CCCCCCC/C=C\C/C=C\C/C=C\CC)COP(=O)([O-])OCC[N+](C)(C)C. The maximum Gasteiger partial charge on any atom is 0.306 e.